The van der Waals surface area contributed by atoms with Gasteiger partial charge < -0.3 is 10.8 Å². The Balaban J connectivity index is 3.38. The highest BCUT2D eigenvalue weighted by Gasteiger charge is 2.22. The third-order valence-electron chi connectivity index (χ3n) is 2.18. The van der Waals surface area contributed by atoms with Crippen molar-refractivity contribution in [1.82, 2.24) is 0 Å². The van der Waals surface area contributed by atoms with Gasteiger partial charge in [0.25, 0.3) is 0 Å². The Hall–Kier alpha value is -1.89. The lowest BCUT2D eigenvalue weighted by molar-refractivity contribution is -0.115. The van der Waals surface area contributed by atoms with Gasteiger partial charge in [-0.2, -0.15) is 0 Å². The normalized spacial score (nSPS) is 11.1. The van der Waals surface area contributed by atoms with Crippen LogP contribution in [-0.2, 0) is 14.6 Å². The van der Waals surface area contributed by atoms with E-state index in [0.29, 0.717) is 0 Å². The van der Waals surface area contributed by atoms with Crippen LogP contribution in [0.15, 0.2) is 23.1 Å². The summed E-state index contributed by atoms with van der Waals surface area (Å²) < 4.78 is 23.5. The zero-order chi connectivity index (χ0) is 13.2. The number of primary amides is 1. The number of benzene rings is 1. The van der Waals surface area contributed by atoms with Gasteiger partial charge in [-0.15, -0.1) is 0 Å². The Bertz CT molecular complexity index is 576. The highest BCUT2D eigenvalue weighted by Crippen LogP contribution is 2.20. The smallest absolute Gasteiger partial charge is 0.335 e. The van der Waals surface area contributed by atoms with Crippen LogP contribution in [-0.4, -0.2) is 31.2 Å². The molecule has 1 aromatic carbocycles. The molecule has 1 rings (SSSR count). The lowest BCUT2D eigenvalue weighted by Crippen LogP contribution is -2.24. The molecule has 6 nitrogen and oxygen atoms in total. The summed E-state index contributed by atoms with van der Waals surface area (Å²) in [7, 11) is -3.88. The molecule has 0 atom stereocenters. The summed E-state index contributed by atoms with van der Waals surface area (Å²) in [5, 5.41) is 8.85. The van der Waals surface area contributed by atoms with Crippen LogP contribution in [0.2, 0.25) is 0 Å². The molecule has 0 bridgehead atoms. The van der Waals surface area contributed by atoms with Crippen molar-refractivity contribution >= 4 is 21.7 Å². The van der Waals surface area contributed by atoms with Gasteiger partial charge in [-0.3, -0.25) is 4.79 Å². The fourth-order valence-electron chi connectivity index (χ4n) is 1.45. The van der Waals surface area contributed by atoms with Crippen LogP contribution in [0.3, 0.4) is 0 Å². The minimum atomic E-state index is -3.88. The van der Waals surface area contributed by atoms with Crippen molar-refractivity contribution in [2.75, 3.05) is 5.75 Å². The highest BCUT2D eigenvalue weighted by molar-refractivity contribution is 7.92. The first-order valence-electron chi connectivity index (χ1n) is 4.59. The number of nitrogens with two attached hydrogens (primary N) is 1. The second-order valence-corrected chi connectivity index (χ2v) is 5.42. The molecular formula is C10H11NO5S. The van der Waals surface area contributed by atoms with Gasteiger partial charge in [0, 0.05) is 0 Å². The molecule has 0 aliphatic carbocycles. The second kappa shape index (κ2) is 4.54. The number of carboxylic acid groups (broad SMARTS) is 1. The number of rotatable bonds is 4. The molecule has 0 aromatic heterocycles. The molecule has 7 heteroatoms. The maximum Gasteiger partial charge on any atom is 0.335 e. The molecule has 0 aliphatic rings. The number of amides is 1. The van der Waals surface area contributed by atoms with Crippen molar-refractivity contribution in [3.05, 3.63) is 29.3 Å². The molecule has 0 saturated heterocycles. The predicted molar refractivity (Wildman–Crippen MR) is 59.4 cm³/mol. The molecule has 0 heterocycles. The van der Waals surface area contributed by atoms with Crippen LogP contribution in [0.5, 0.6) is 0 Å². The average molecular weight is 257 g/mol. The van der Waals surface area contributed by atoms with E-state index in [1.54, 1.807) is 0 Å². The second-order valence-electron chi connectivity index (χ2n) is 3.46. The van der Waals surface area contributed by atoms with E-state index < -0.39 is 27.5 Å². The first-order chi connectivity index (χ1) is 7.75. The molecular weight excluding hydrogens is 246 g/mol. The Morgan fingerprint density at radius 1 is 1.35 bits per heavy atom. The number of carbonyl (C=O) groups is 2. The van der Waals surface area contributed by atoms with Gasteiger partial charge in [0.1, 0.15) is 5.75 Å². The van der Waals surface area contributed by atoms with Crippen molar-refractivity contribution in [3.8, 4) is 0 Å². The van der Waals surface area contributed by atoms with E-state index in [1.165, 1.54) is 25.1 Å². The molecule has 1 amide bonds. The van der Waals surface area contributed by atoms with E-state index in [9.17, 15) is 18.0 Å². The van der Waals surface area contributed by atoms with E-state index in [4.69, 9.17) is 10.8 Å². The highest BCUT2D eigenvalue weighted by atomic mass is 32.2. The Kier molecular flexibility index (Phi) is 3.52. The summed E-state index contributed by atoms with van der Waals surface area (Å²) >= 11 is 0. The van der Waals surface area contributed by atoms with Crippen LogP contribution >= 0.6 is 0 Å². The number of carboxylic acids is 1. The van der Waals surface area contributed by atoms with Gasteiger partial charge in [0.15, 0.2) is 9.84 Å². The maximum atomic E-state index is 11.7. The number of carbonyl (C=O) groups excluding carboxylic acids is 1. The van der Waals surface area contributed by atoms with Crippen LogP contribution in [0.4, 0.5) is 0 Å². The first-order valence-corrected chi connectivity index (χ1v) is 6.25. The minimum Gasteiger partial charge on any atom is -0.478 e. The Labute approximate surface area is 98.0 Å². The zero-order valence-corrected chi connectivity index (χ0v) is 9.82. The van der Waals surface area contributed by atoms with Gasteiger partial charge in [0.05, 0.1) is 10.5 Å². The summed E-state index contributed by atoms with van der Waals surface area (Å²) in [4.78, 5) is 21.3. The molecule has 0 fully saturated rings. The molecule has 17 heavy (non-hydrogen) atoms. The molecule has 0 saturated carbocycles. The summed E-state index contributed by atoms with van der Waals surface area (Å²) in [5.41, 5.74) is 4.81. The van der Waals surface area contributed by atoms with Crippen LogP contribution in [0.1, 0.15) is 15.9 Å². The van der Waals surface area contributed by atoms with Crippen molar-refractivity contribution in [1.29, 1.82) is 0 Å². The third-order valence-corrected chi connectivity index (χ3v) is 3.96. The predicted octanol–water partition coefficient (Wildman–Crippen LogP) is -0.0478. The van der Waals surface area contributed by atoms with Gasteiger partial charge in [-0.1, -0.05) is 6.07 Å². The summed E-state index contributed by atoms with van der Waals surface area (Å²) in [6.07, 6.45) is 0. The van der Waals surface area contributed by atoms with Gasteiger partial charge in [0.2, 0.25) is 5.91 Å². The average Bonchev–Trinajstić information content (AvgIpc) is 2.14. The van der Waals surface area contributed by atoms with Crippen LogP contribution < -0.4 is 5.73 Å². The Morgan fingerprint density at radius 3 is 2.41 bits per heavy atom. The number of sulfone groups is 1. The monoisotopic (exact) mass is 257 g/mol. The molecule has 0 radical (unpaired) electrons. The first kappa shape index (κ1) is 13.2. The van der Waals surface area contributed by atoms with Crippen LogP contribution in [0, 0.1) is 6.92 Å². The van der Waals surface area contributed by atoms with Crippen molar-refractivity contribution in [3.63, 3.8) is 0 Å². The Morgan fingerprint density at radius 2 is 1.94 bits per heavy atom. The fraction of sp³-hybridized carbons (Fsp3) is 0.200. The molecule has 3 N–H and O–H groups in total. The van der Waals surface area contributed by atoms with Crippen LogP contribution in [0.25, 0.3) is 0 Å². The lowest BCUT2D eigenvalue weighted by atomic mass is 10.1. The third kappa shape index (κ3) is 2.82. The number of aromatic carboxylic acids is 1. The van der Waals surface area contributed by atoms with E-state index in [-0.39, 0.29) is 16.0 Å². The number of hydrogen-bond donors (Lipinski definition) is 2. The maximum absolute atomic E-state index is 11.7. The standard InChI is InChI=1S/C10H11NO5S/c1-6-7(10(13)14)3-2-4-8(6)17(15,16)5-9(11)12/h2-4H,5H2,1H3,(H2,11,12)(H,13,14). The lowest BCUT2D eigenvalue weighted by Gasteiger charge is -2.08. The largest absolute Gasteiger partial charge is 0.478 e. The quantitative estimate of drug-likeness (QED) is 0.784. The topological polar surface area (TPSA) is 115 Å². The van der Waals surface area contributed by atoms with E-state index in [1.807, 2.05) is 0 Å². The summed E-state index contributed by atoms with van der Waals surface area (Å²) in [6.45, 7) is 1.37. The summed E-state index contributed by atoms with van der Waals surface area (Å²) in [6, 6.07) is 3.85. The molecule has 92 valence electrons. The molecule has 0 aliphatic heterocycles. The van der Waals surface area contributed by atoms with Crippen molar-refractivity contribution < 1.29 is 23.1 Å². The zero-order valence-electron chi connectivity index (χ0n) is 9.00. The minimum absolute atomic E-state index is 0.0984. The SMILES string of the molecule is Cc1c(C(=O)O)cccc1S(=O)(=O)CC(N)=O. The number of hydrogen-bond acceptors (Lipinski definition) is 4. The van der Waals surface area contributed by atoms with E-state index >= 15 is 0 Å². The van der Waals surface area contributed by atoms with Crippen molar-refractivity contribution in [2.45, 2.75) is 11.8 Å². The molecule has 0 spiro atoms. The van der Waals surface area contributed by atoms with Crippen molar-refractivity contribution in [2.24, 2.45) is 5.73 Å². The van der Waals surface area contributed by atoms with Gasteiger partial charge in [-0.05, 0) is 24.6 Å². The molecule has 1 aromatic rings. The summed E-state index contributed by atoms with van der Waals surface area (Å²) in [5.74, 6) is -3.04. The van der Waals surface area contributed by atoms with E-state index in [2.05, 4.69) is 0 Å². The van der Waals surface area contributed by atoms with E-state index in [0.717, 1.165) is 0 Å². The van der Waals surface area contributed by atoms with Gasteiger partial charge in [-0.25, -0.2) is 13.2 Å². The van der Waals surface area contributed by atoms with Gasteiger partial charge >= 0.3 is 5.97 Å². The fourth-order valence-corrected chi connectivity index (χ4v) is 2.84. The molecule has 0 unspecified atom stereocenters.